The molecule has 0 bridgehead atoms. The molecule has 0 radical (unpaired) electrons. The summed E-state index contributed by atoms with van der Waals surface area (Å²) in [5.41, 5.74) is 2.29. The molecule has 0 amide bonds. The highest BCUT2D eigenvalue weighted by Crippen LogP contribution is 2.36. The van der Waals surface area contributed by atoms with Crippen LogP contribution in [0.3, 0.4) is 0 Å². The first-order valence-corrected chi connectivity index (χ1v) is 6.82. The summed E-state index contributed by atoms with van der Waals surface area (Å²) < 4.78 is 5.48. The van der Waals surface area contributed by atoms with Crippen LogP contribution >= 0.6 is 0 Å². The summed E-state index contributed by atoms with van der Waals surface area (Å²) in [5.74, 6) is 1.36. The van der Waals surface area contributed by atoms with Crippen LogP contribution in [-0.2, 0) is 4.79 Å². The van der Waals surface area contributed by atoms with Gasteiger partial charge in [0, 0.05) is 6.92 Å². The number of esters is 1. The number of rotatable bonds is 5. The van der Waals surface area contributed by atoms with Gasteiger partial charge in [-0.25, -0.2) is 0 Å². The van der Waals surface area contributed by atoms with Gasteiger partial charge in [0.2, 0.25) is 0 Å². The van der Waals surface area contributed by atoms with Crippen LogP contribution in [-0.4, -0.2) is 5.97 Å². The second-order valence-corrected chi connectivity index (χ2v) is 4.98. The van der Waals surface area contributed by atoms with Gasteiger partial charge in [0.1, 0.15) is 5.75 Å². The zero-order valence-corrected chi connectivity index (χ0v) is 12.1. The first-order chi connectivity index (χ1) is 8.51. The van der Waals surface area contributed by atoms with Crippen molar-refractivity contribution in [3.8, 4) is 5.75 Å². The Morgan fingerprint density at radius 3 is 1.89 bits per heavy atom. The number of ether oxygens (including phenoxy) is 1. The van der Waals surface area contributed by atoms with Gasteiger partial charge in [-0.2, -0.15) is 0 Å². The Morgan fingerprint density at radius 2 is 1.56 bits per heavy atom. The average molecular weight is 248 g/mol. The molecule has 0 aliphatic carbocycles. The fourth-order valence-electron chi connectivity index (χ4n) is 2.05. The van der Waals surface area contributed by atoms with E-state index in [0.717, 1.165) is 29.7 Å². The van der Waals surface area contributed by atoms with E-state index < -0.39 is 0 Å². The van der Waals surface area contributed by atoms with E-state index in [-0.39, 0.29) is 5.97 Å². The van der Waals surface area contributed by atoms with Crippen molar-refractivity contribution in [3.05, 3.63) is 29.3 Å². The van der Waals surface area contributed by atoms with Crippen molar-refractivity contribution < 1.29 is 9.53 Å². The zero-order valence-electron chi connectivity index (χ0n) is 12.1. The average Bonchev–Trinajstić information content (AvgIpc) is 2.36. The van der Waals surface area contributed by atoms with Crippen molar-refractivity contribution in [3.63, 3.8) is 0 Å². The Hall–Kier alpha value is -1.31. The topological polar surface area (TPSA) is 26.3 Å². The normalized spacial score (nSPS) is 14.1. The summed E-state index contributed by atoms with van der Waals surface area (Å²) in [6.45, 7) is 10.1. The molecule has 0 fully saturated rings. The molecule has 1 aromatic carbocycles. The maximum Gasteiger partial charge on any atom is 0.308 e. The van der Waals surface area contributed by atoms with Crippen LogP contribution in [0.15, 0.2) is 18.2 Å². The van der Waals surface area contributed by atoms with E-state index in [9.17, 15) is 4.79 Å². The number of benzene rings is 1. The molecule has 0 saturated heterocycles. The fourth-order valence-corrected chi connectivity index (χ4v) is 2.05. The SMILES string of the molecule is CCC(C)c1cccc(C(C)CC)c1OC(C)=O. The van der Waals surface area contributed by atoms with Crippen LogP contribution in [0.2, 0.25) is 0 Å². The second kappa shape index (κ2) is 6.58. The molecule has 2 heteroatoms. The molecule has 0 aromatic heterocycles. The van der Waals surface area contributed by atoms with Gasteiger partial charge < -0.3 is 4.74 Å². The largest absolute Gasteiger partial charge is 0.426 e. The molecule has 0 spiro atoms. The molecular formula is C16H24O2. The lowest BCUT2D eigenvalue weighted by Gasteiger charge is -2.20. The minimum atomic E-state index is -0.240. The van der Waals surface area contributed by atoms with Gasteiger partial charge >= 0.3 is 5.97 Å². The third-order valence-electron chi connectivity index (χ3n) is 3.61. The predicted octanol–water partition coefficient (Wildman–Crippen LogP) is 4.64. The van der Waals surface area contributed by atoms with Crippen LogP contribution in [0, 0.1) is 0 Å². The molecule has 2 atom stereocenters. The minimum absolute atomic E-state index is 0.240. The van der Waals surface area contributed by atoms with Gasteiger partial charge in [-0.1, -0.05) is 45.9 Å². The summed E-state index contributed by atoms with van der Waals surface area (Å²) >= 11 is 0. The van der Waals surface area contributed by atoms with E-state index in [1.807, 2.05) is 0 Å². The molecule has 0 saturated carbocycles. The predicted molar refractivity (Wildman–Crippen MR) is 75.2 cm³/mol. The highest BCUT2D eigenvalue weighted by Gasteiger charge is 2.18. The van der Waals surface area contributed by atoms with Crippen LogP contribution in [0.5, 0.6) is 5.75 Å². The Balaban J connectivity index is 3.29. The molecule has 2 unspecified atom stereocenters. The molecular weight excluding hydrogens is 224 g/mol. The summed E-state index contributed by atoms with van der Waals surface area (Å²) in [4.78, 5) is 11.3. The van der Waals surface area contributed by atoms with Crippen molar-refractivity contribution >= 4 is 5.97 Å². The van der Waals surface area contributed by atoms with Crippen LogP contribution in [0.1, 0.15) is 70.4 Å². The molecule has 0 N–H and O–H groups in total. The number of carbonyl (C=O) groups excluding carboxylic acids is 1. The van der Waals surface area contributed by atoms with Gasteiger partial charge in [-0.3, -0.25) is 4.79 Å². The molecule has 1 rings (SSSR count). The maximum absolute atomic E-state index is 11.3. The lowest BCUT2D eigenvalue weighted by atomic mass is 9.90. The summed E-state index contributed by atoms with van der Waals surface area (Å²) in [7, 11) is 0. The minimum Gasteiger partial charge on any atom is -0.426 e. The Kier molecular flexibility index (Phi) is 5.39. The number of hydrogen-bond donors (Lipinski definition) is 0. The van der Waals surface area contributed by atoms with E-state index in [2.05, 4.69) is 45.9 Å². The van der Waals surface area contributed by atoms with Gasteiger partial charge in [0.25, 0.3) is 0 Å². The van der Waals surface area contributed by atoms with Gasteiger partial charge in [-0.15, -0.1) is 0 Å². The van der Waals surface area contributed by atoms with Crippen LogP contribution in [0.25, 0.3) is 0 Å². The monoisotopic (exact) mass is 248 g/mol. The third-order valence-corrected chi connectivity index (χ3v) is 3.61. The van der Waals surface area contributed by atoms with Crippen molar-refractivity contribution in [2.75, 3.05) is 0 Å². The van der Waals surface area contributed by atoms with Crippen molar-refractivity contribution in [2.45, 2.75) is 59.3 Å². The quantitative estimate of drug-likeness (QED) is 0.560. The van der Waals surface area contributed by atoms with Crippen LogP contribution < -0.4 is 4.74 Å². The summed E-state index contributed by atoms with van der Waals surface area (Å²) in [5, 5.41) is 0. The molecule has 0 aliphatic heterocycles. The van der Waals surface area contributed by atoms with E-state index in [0.29, 0.717) is 11.8 Å². The zero-order chi connectivity index (χ0) is 13.7. The Labute approximate surface area is 110 Å². The van der Waals surface area contributed by atoms with Gasteiger partial charge in [-0.05, 0) is 35.8 Å². The lowest BCUT2D eigenvalue weighted by molar-refractivity contribution is -0.132. The van der Waals surface area contributed by atoms with Gasteiger partial charge in [0.15, 0.2) is 0 Å². The van der Waals surface area contributed by atoms with Gasteiger partial charge in [0.05, 0.1) is 0 Å². The standard InChI is InChI=1S/C16H24O2/c1-6-11(3)14-9-8-10-15(12(4)7-2)16(14)18-13(5)17/h8-12H,6-7H2,1-5H3. The van der Waals surface area contributed by atoms with Crippen molar-refractivity contribution in [1.29, 1.82) is 0 Å². The van der Waals surface area contributed by atoms with Crippen molar-refractivity contribution in [1.82, 2.24) is 0 Å². The smallest absolute Gasteiger partial charge is 0.308 e. The highest BCUT2D eigenvalue weighted by molar-refractivity contribution is 5.70. The van der Waals surface area contributed by atoms with Crippen molar-refractivity contribution in [2.24, 2.45) is 0 Å². The lowest BCUT2D eigenvalue weighted by Crippen LogP contribution is -2.09. The number of hydrogen-bond acceptors (Lipinski definition) is 2. The van der Waals surface area contributed by atoms with E-state index in [4.69, 9.17) is 4.74 Å². The summed E-state index contributed by atoms with van der Waals surface area (Å²) in [6, 6.07) is 6.20. The Morgan fingerprint density at radius 1 is 1.11 bits per heavy atom. The number of para-hydroxylation sites is 1. The van der Waals surface area contributed by atoms with E-state index in [1.54, 1.807) is 0 Å². The maximum atomic E-state index is 11.3. The van der Waals surface area contributed by atoms with Crippen LogP contribution in [0.4, 0.5) is 0 Å². The molecule has 1 aromatic rings. The number of carbonyl (C=O) groups is 1. The fraction of sp³-hybridized carbons (Fsp3) is 0.562. The summed E-state index contributed by atoms with van der Waals surface area (Å²) in [6.07, 6.45) is 2.08. The highest BCUT2D eigenvalue weighted by atomic mass is 16.5. The molecule has 18 heavy (non-hydrogen) atoms. The van der Waals surface area contributed by atoms with E-state index >= 15 is 0 Å². The second-order valence-electron chi connectivity index (χ2n) is 4.98. The third kappa shape index (κ3) is 3.34. The molecule has 0 heterocycles. The molecule has 100 valence electrons. The molecule has 0 aliphatic rings. The molecule has 2 nitrogen and oxygen atoms in total. The Bertz CT molecular complexity index is 381. The first-order valence-electron chi connectivity index (χ1n) is 6.82. The van der Waals surface area contributed by atoms with E-state index in [1.165, 1.54) is 6.92 Å². The first kappa shape index (κ1) is 14.7.